The van der Waals surface area contributed by atoms with E-state index >= 15 is 4.39 Å². The molecule has 0 spiro atoms. The van der Waals surface area contributed by atoms with Crippen molar-refractivity contribution in [2.45, 2.75) is 24.9 Å². The van der Waals surface area contributed by atoms with Gasteiger partial charge in [0.25, 0.3) is 5.91 Å². The number of imide groups is 1. The Hall–Kier alpha value is -5.84. The molecule has 4 aromatic heterocycles. The van der Waals surface area contributed by atoms with Crippen LogP contribution < -0.4 is 26.1 Å². The molecule has 3 aliphatic rings. The van der Waals surface area contributed by atoms with Gasteiger partial charge in [0.2, 0.25) is 23.7 Å². The number of piperidine rings is 1. The number of amides is 3. The van der Waals surface area contributed by atoms with Crippen molar-refractivity contribution >= 4 is 62.9 Å². The number of fused-ring (bicyclic) bond motifs is 2. The average Bonchev–Trinajstić information content (AvgIpc) is 3.62. The van der Waals surface area contributed by atoms with E-state index in [-0.39, 0.29) is 42.1 Å². The zero-order valence-electron chi connectivity index (χ0n) is 28.4. The zero-order chi connectivity index (χ0) is 35.6. The van der Waals surface area contributed by atoms with Crippen LogP contribution >= 0.6 is 0 Å². The number of carbonyl (C=O) groups is 3. The number of benzene rings is 1. The van der Waals surface area contributed by atoms with Gasteiger partial charge < -0.3 is 25.0 Å². The van der Waals surface area contributed by atoms with Gasteiger partial charge in [0.05, 0.1) is 22.4 Å². The first-order chi connectivity index (χ1) is 24.5. The molecule has 16 nitrogen and oxygen atoms in total. The lowest BCUT2D eigenvalue weighted by Crippen LogP contribution is -2.63. The molecule has 1 aromatic carbocycles. The second-order valence-electron chi connectivity index (χ2n) is 13.4. The molecule has 0 radical (unpaired) electrons. The molecule has 1 unspecified atom stereocenters. The van der Waals surface area contributed by atoms with E-state index in [9.17, 15) is 19.2 Å². The van der Waals surface area contributed by atoms with E-state index in [4.69, 9.17) is 0 Å². The van der Waals surface area contributed by atoms with Gasteiger partial charge in [0.1, 0.15) is 23.2 Å². The maximum absolute atomic E-state index is 15.3. The van der Waals surface area contributed by atoms with Crippen LogP contribution in [-0.4, -0.2) is 116 Å². The number of carbonyl (C=O) groups excluding carboxylic acids is 3. The number of pyridine rings is 1. The standard InChI is InChI=1S/C34H37FN12O4/c1-42(2)32(50)21-15-19-16-36-33(41-30(19)37-21)39-26-9-7-24(29(35)38-26)45-13-11-44(12-14-45)20-17-46(18-20)22-5-4-6-23-28(22)43(3)34(51)47(23)25-8-10-27(48)40-31(25)49/h4-7,9,15-16,20,25H,8,10-14,17-18H2,1-3H3,(H,40,48,49)(H2,36,37,38,39,41). The highest BCUT2D eigenvalue weighted by atomic mass is 19.1. The van der Waals surface area contributed by atoms with Crippen LogP contribution in [-0.2, 0) is 16.6 Å². The number of aromatic amines is 1. The maximum atomic E-state index is 15.3. The highest BCUT2D eigenvalue weighted by Gasteiger charge is 2.37. The van der Waals surface area contributed by atoms with Crippen molar-refractivity contribution in [3.05, 3.63) is 64.7 Å². The van der Waals surface area contributed by atoms with Crippen LogP contribution in [0.2, 0.25) is 0 Å². The van der Waals surface area contributed by atoms with Crippen LogP contribution in [0.1, 0.15) is 29.4 Å². The van der Waals surface area contributed by atoms with Crippen LogP contribution in [0.5, 0.6) is 0 Å². The molecule has 3 N–H and O–H groups in total. The predicted molar refractivity (Wildman–Crippen MR) is 188 cm³/mol. The largest absolute Gasteiger partial charge is 0.367 e. The second-order valence-corrected chi connectivity index (χ2v) is 13.4. The highest BCUT2D eigenvalue weighted by Crippen LogP contribution is 2.33. The van der Waals surface area contributed by atoms with Crippen LogP contribution in [0.4, 0.5) is 27.5 Å². The van der Waals surface area contributed by atoms with Crippen molar-refractivity contribution in [3.63, 3.8) is 0 Å². The number of H-pyrrole nitrogens is 1. The molecule has 3 aliphatic heterocycles. The van der Waals surface area contributed by atoms with Crippen LogP contribution in [0, 0.1) is 5.95 Å². The molecular weight excluding hydrogens is 659 g/mol. The molecular formula is C34H37FN12O4. The molecule has 3 saturated heterocycles. The Kier molecular flexibility index (Phi) is 7.93. The van der Waals surface area contributed by atoms with Gasteiger partial charge in [-0.15, -0.1) is 0 Å². The number of aryl methyl sites for hydroxylation is 1. The zero-order valence-corrected chi connectivity index (χ0v) is 28.4. The molecule has 51 heavy (non-hydrogen) atoms. The van der Waals surface area contributed by atoms with Crippen molar-refractivity contribution in [2.24, 2.45) is 7.05 Å². The van der Waals surface area contributed by atoms with E-state index in [1.807, 2.05) is 23.1 Å². The van der Waals surface area contributed by atoms with Gasteiger partial charge in [-0.1, -0.05) is 6.07 Å². The number of hydrogen-bond acceptors (Lipinski definition) is 11. The van der Waals surface area contributed by atoms with E-state index < -0.39 is 17.9 Å². The van der Waals surface area contributed by atoms with Gasteiger partial charge in [0.15, 0.2) is 0 Å². The first-order valence-electron chi connectivity index (χ1n) is 16.8. The SMILES string of the molecule is CN(C)C(=O)c1cc2cnc(Nc3ccc(N4CCN(C5CN(c6cccc7c6n(C)c(=O)n7C6CCC(=O)NC6=O)C5)CC4)c(F)n3)nc2[nH]1. The molecule has 0 aliphatic carbocycles. The quantitative estimate of drug-likeness (QED) is 0.167. The van der Waals surface area contributed by atoms with Gasteiger partial charge in [-0.2, -0.15) is 9.37 Å². The summed E-state index contributed by atoms with van der Waals surface area (Å²) >= 11 is 0. The smallest absolute Gasteiger partial charge is 0.329 e. The Labute approximate surface area is 290 Å². The molecule has 8 rings (SSSR count). The minimum absolute atomic E-state index is 0.180. The van der Waals surface area contributed by atoms with Crippen LogP contribution in [0.15, 0.2) is 47.4 Å². The number of anilines is 4. The van der Waals surface area contributed by atoms with Gasteiger partial charge in [-0.25, -0.2) is 14.8 Å². The molecule has 1 atom stereocenters. The van der Waals surface area contributed by atoms with E-state index in [1.54, 1.807) is 50.1 Å². The van der Waals surface area contributed by atoms with Gasteiger partial charge in [0, 0.05) is 84.5 Å². The van der Waals surface area contributed by atoms with Crippen LogP contribution in [0.25, 0.3) is 22.1 Å². The lowest BCUT2D eigenvalue weighted by atomic mass is 10.0. The fourth-order valence-electron chi connectivity index (χ4n) is 7.29. The molecule has 5 aromatic rings. The summed E-state index contributed by atoms with van der Waals surface area (Å²) in [4.78, 5) is 73.9. The molecule has 264 valence electrons. The normalized spacial score (nSPS) is 18.7. The minimum atomic E-state index is -0.730. The van der Waals surface area contributed by atoms with Gasteiger partial charge in [-0.05, 0) is 36.8 Å². The Morgan fingerprint density at radius 3 is 2.51 bits per heavy atom. The highest BCUT2D eigenvalue weighted by molar-refractivity contribution is 6.00. The van der Waals surface area contributed by atoms with Crippen molar-refractivity contribution < 1.29 is 18.8 Å². The molecule has 3 amide bonds. The Morgan fingerprint density at radius 1 is 1.00 bits per heavy atom. The summed E-state index contributed by atoms with van der Waals surface area (Å²) in [6, 6.07) is 10.4. The minimum Gasteiger partial charge on any atom is -0.367 e. The average molecular weight is 697 g/mol. The maximum Gasteiger partial charge on any atom is 0.329 e. The number of piperazine rings is 1. The number of rotatable bonds is 7. The van der Waals surface area contributed by atoms with Gasteiger partial charge >= 0.3 is 5.69 Å². The third-order valence-electron chi connectivity index (χ3n) is 10.1. The van der Waals surface area contributed by atoms with E-state index in [1.165, 1.54) is 9.47 Å². The summed E-state index contributed by atoms with van der Waals surface area (Å²) in [5, 5.41) is 5.99. The third kappa shape index (κ3) is 5.72. The number of nitrogens with one attached hydrogen (secondary N) is 3. The number of aromatic nitrogens is 6. The molecule has 17 heteroatoms. The first-order valence-corrected chi connectivity index (χ1v) is 16.8. The van der Waals surface area contributed by atoms with Crippen molar-refractivity contribution in [2.75, 3.05) is 68.5 Å². The molecule has 3 fully saturated rings. The summed E-state index contributed by atoms with van der Waals surface area (Å²) in [5.41, 5.74) is 3.38. The monoisotopic (exact) mass is 696 g/mol. The molecule has 0 saturated carbocycles. The van der Waals surface area contributed by atoms with Crippen molar-refractivity contribution in [3.8, 4) is 0 Å². The Morgan fingerprint density at radius 2 is 1.78 bits per heavy atom. The number of nitrogens with zero attached hydrogens (tertiary/aromatic N) is 9. The second kappa shape index (κ2) is 12.5. The lowest BCUT2D eigenvalue weighted by molar-refractivity contribution is -0.135. The fourth-order valence-corrected chi connectivity index (χ4v) is 7.29. The topological polar surface area (TPSA) is 170 Å². The summed E-state index contributed by atoms with van der Waals surface area (Å²) < 4.78 is 18.4. The van der Waals surface area contributed by atoms with Crippen molar-refractivity contribution in [1.29, 1.82) is 0 Å². The Balaban J connectivity index is 0.891. The summed E-state index contributed by atoms with van der Waals surface area (Å²) in [7, 11) is 5.05. The Bertz CT molecular complexity index is 2260. The van der Waals surface area contributed by atoms with Crippen molar-refractivity contribution in [1.82, 2.24) is 44.2 Å². The predicted octanol–water partition coefficient (Wildman–Crippen LogP) is 1.58. The summed E-state index contributed by atoms with van der Waals surface area (Å²) in [6.07, 6.45) is 2.07. The third-order valence-corrected chi connectivity index (χ3v) is 10.1. The number of para-hydroxylation sites is 1. The number of hydrogen-bond donors (Lipinski definition) is 3. The lowest BCUT2D eigenvalue weighted by Gasteiger charge is -2.49. The van der Waals surface area contributed by atoms with E-state index in [0.717, 1.165) is 37.4 Å². The van der Waals surface area contributed by atoms with Gasteiger partial charge in [-0.3, -0.25) is 33.7 Å². The molecule has 0 bridgehead atoms. The summed E-state index contributed by atoms with van der Waals surface area (Å²) in [6.45, 7) is 4.35. The van der Waals surface area contributed by atoms with E-state index in [0.29, 0.717) is 47.1 Å². The van der Waals surface area contributed by atoms with E-state index in [2.05, 4.69) is 40.4 Å². The molecule has 7 heterocycles. The number of imidazole rings is 1. The first kappa shape index (κ1) is 32.4. The summed E-state index contributed by atoms with van der Waals surface area (Å²) in [5.74, 6) is -1.06. The van der Waals surface area contributed by atoms with Crippen LogP contribution in [0.3, 0.4) is 0 Å². The fraction of sp³-hybridized carbons (Fsp3) is 0.382. The number of halogens is 1.